The van der Waals surface area contributed by atoms with E-state index in [2.05, 4.69) is 33.5 Å². The molecular weight excluding hydrogens is 392 g/mol. The highest BCUT2D eigenvalue weighted by atomic mass is 28.4. The summed E-state index contributed by atoms with van der Waals surface area (Å²) in [5.74, 6) is 1.57. The third kappa shape index (κ3) is 6.03. The van der Waals surface area contributed by atoms with Gasteiger partial charge < -0.3 is 23.7 Å². The van der Waals surface area contributed by atoms with Crippen molar-refractivity contribution >= 4 is 30.6 Å². The van der Waals surface area contributed by atoms with Crippen LogP contribution in [0, 0.1) is 5.92 Å². The molecule has 0 spiro atoms. The fourth-order valence-electron chi connectivity index (χ4n) is 3.28. The summed E-state index contributed by atoms with van der Waals surface area (Å²) in [6.07, 6.45) is 3.59. The van der Waals surface area contributed by atoms with Crippen LogP contribution in [0.25, 0.3) is 6.08 Å². The first-order chi connectivity index (χ1) is 13.0. The molecule has 1 aromatic rings. The van der Waals surface area contributed by atoms with Gasteiger partial charge in [-0.3, -0.25) is 0 Å². The highest BCUT2D eigenvalue weighted by molar-refractivity contribution is 6.70. The fourth-order valence-corrected chi connectivity index (χ4v) is 5.58. The number of ether oxygens (including phenoxy) is 3. The van der Waals surface area contributed by atoms with E-state index in [1.807, 2.05) is 0 Å². The van der Waals surface area contributed by atoms with Crippen LogP contribution in [0.3, 0.4) is 0 Å². The lowest BCUT2D eigenvalue weighted by Gasteiger charge is -2.30. The minimum atomic E-state index is -2.02. The highest BCUT2D eigenvalue weighted by Gasteiger charge is 2.32. The molecule has 0 fully saturated rings. The van der Waals surface area contributed by atoms with Gasteiger partial charge in [-0.2, -0.15) is 0 Å². The molecule has 0 aliphatic heterocycles. The van der Waals surface area contributed by atoms with Crippen molar-refractivity contribution in [1.29, 1.82) is 0 Å². The van der Waals surface area contributed by atoms with E-state index in [1.54, 1.807) is 14.2 Å². The third-order valence-electron chi connectivity index (χ3n) is 4.12. The maximum atomic E-state index is 11.2. The lowest BCUT2D eigenvalue weighted by atomic mass is 9.96. The van der Waals surface area contributed by atoms with Crippen molar-refractivity contribution in [3.8, 4) is 23.0 Å². The average Bonchev–Trinajstić information content (AvgIpc) is 2.56. The zero-order valence-electron chi connectivity index (χ0n) is 18.5. The van der Waals surface area contributed by atoms with E-state index < -0.39 is 14.3 Å². The standard InChI is InChI=1S/C20H34O6Si2/c1-12(2)11-14(27)16-17(26-28(6,7)8)13(9-10-15(21)22)18(23-3)20(25-5)19(16)24-4/h9-10,12,14H,11H2,1-8,27H3,(H,21,22). The van der Waals surface area contributed by atoms with Gasteiger partial charge in [-0.15, -0.1) is 0 Å². The van der Waals surface area contributed by atoms with Gasteiger partial charge in [0.2, 0.25) is 14.1 Å². The normalized spacial score (nSPS) is 13.0. The van der Waals surface area contributed by atoms with E-state index in [0.29, 0.717) is 34.5 Å². The smallest absolute Gasteiger partial charge is 0.328 e. The molecular formula is C20H34O6Si2. The van der Waals surface area contributed by atoms with E-state index >= 15 is 0 Å². The molecule has 6 nitrogen and oxygen atoms in total. The summed E-state index contributed by atoms with van der Waals surface area (Å²) in [5.41, 5.74) is 1.76. The molecule has 0 aromatic heterocycles. The van der Waals surface area contributed by atoms with Crippen LogP contribution in [0.2, 0.25) is 19.6 Å². The monoisotopic (exact) mass is 426 g/mol. The second kappa shape index (κ2) is 10.0. The second-order valence-electron chi connectivity index (χ2n) is 8.17. The topological polar surface area (TPSA) is 74.2 Å². The van der Waals surface area contributed by atoms with Crippen molar-refractivity contribution < 1.29 is 28.5 Å². The van der Waals surface area contributed by atoms with Crippen LogP contribution >= 0.6 is 0 Å². The first-order valence-corrected chi connectivity index (χ1v) is 14.0. The fraction of sp³-hybridized carbons (Fsp3) is 0.550. The van der Waals surface area contributed by atoms with E-state index in [4.69, 9.17) is 18.6 Å². The second-order valence-corrected chi connectivity index (χ2v) is 14.0. The molecule has 1 atom stereocenters. The Morgan fingerprint density at radius 2 is 1.57 bits per heavy atom. The summed E-state index contributed by atoms with van der Waals surface area (Å²) < 4.78 is 23.5. The lowest BCUT2D eigenvalue weighted by molar-refractivity contribution is -0.131. The van der Waals surface area contributed by atoms with Gasteiger partial charge in [-0.1, -0.05) is 13.8 Å². The summed E-state index contributed by atoms with van der Waals surface area (Å²) in [6.45, 7) is 10.6. The van der Waals surface area contributed by atoms with E-state index in [9.17, 15) is 9.90 Å². The van der Waals surface area contributed by atoms with Gasteiger partial charge in [-0.05, 0) is 43.6 Å². The number of hydrogen-bond donors (Lipinski definition) is 1. The highest BCUT2D eigenvalue weighted by Crippen LogP contribution is 2.52. The molecule has 1 aromatic carbocycles. The van der Waals surface area contributed by atoms with Crippen molar-refractivity contribution in [2.24, 2.45) is 5.92 Å². The quantitative estimate of drug-likeness (QED) is 0.456. The zero-order valence-corrected chi connectivity index (χ0v) is 21.5. The van der Waals surface area contributed by atoms with Crippen molar-refractivity contribution in [3.63, 3.8) is 0 Å². The number of hydrogen-bond acceptors (Lipinski definition) is 5. The molecule has 28 heavy (non-hydrogen) atoms. The number of methoxy groups -OCH3 is 3. The van der Waals surface area contributed by atoms with Gasteiger partial charge in [0.15, 0.2) is 11.5 Å². The Labute approximate surface area is 172 Å². The summed E-state index contributed by atoms with van der Waals surface area (Å²) in [6, 6.07) is 0. The molecule has 1 unspecified atom stereocenters. The maximum Gasteiger partial charge on any atom is 0.328 e. The van der Waals surface area contributed by atoms with Gasteiger partial charge >= 0.3 is 5.97 Å². The summed E-state index contributed by atoms with van der Waals surface area (Å²) in [4.78, 5) is 11.2. The minimum Gasteiger partial charge on any atom is -0.544 e. The molecule has 0 aliphatic carbocycles. The van der Waals surface area contributed by atoms with Crippen molar-refractivity contribution in [1.82, 2.24) is 0 Å². The summed E-state index contributed by atoms with van der Waals surface area (Å²) >= 11 is 0. The van der Waals surface area contributed by atoms with E-state index in [0.717, 1.165) is 28.3 Å². The SMILES string of the molecule is COc1c(C=CC(=O)O)c(O[Si](C)(C)C)c(C([SiH3])CC(C)C)c(OC)c1OC. The van der Waals surface area contributed by atoms with Crippen molar-refractivity contribution in [2.75, 3.05) is 21.3 Å². The number of benzene rings is 1. The van der Waals surface area contributed by atoms with Crippen LogP contribution in [0.4, 0.5) is 0 Å². The molecule has 0 saturated heterocycles. The van der Waals surface area contributed by atoms with Gasteiger partial charge in [0.05, 0.1) is 26.9 Å². The van der Waals surface area contributed by atoms with Crippen LogP contribution in [0.1, 0.15) is 36.9 Å². The van der Waals surface area contributed by atoms with Crippen LogP contribution < -0.4 is 18.6 Å². The van der Waals surface area contributed by atoms with Crippen LogP contribution in [-0.2, 0) is 4.79 Å². The Bertz CT molecular complexity index is 723. The Morgan fingerprint density at radius 1 is 1.04 bits per heavy atom. The molecule has 158 valence electrons. The zero-order chi connectivity index (χ0) is 21.6. The van der Waals surface area contributed by atoms with Crippen LogP contribution in [-0.4, -0.2) is 51.0 Å². The number of rotatable bonds is 10. The van der Waals surface area contributed by atoms with E-state index in [1.165, 1.54) is 13.2 Å². The van der Waals surface area contributed by atoms with Crippen LogP contribution in [0.15, 0.2) is 6.08 Å². The summed E-state index contributed by atoms with van der Waals surface area (Å²) in [5, 5.41) is 9.18. The van der Waals surface area contributed by atoms with Crippen LogP contribution in [0.5, 0.6) is 23.0 Å². The molecule has 1 N–H and O–H groups in total. The molecule has 0 radical (unpaired) electrons. The Balaban J connectivity index is 4.00. The van der Waals surface area contributed by atoms with Crippen molar-refractivity contribution in [3.05, 3.63) is 17.2 Å². The first-order valence-electron chi connectivity index (χ1n) is 9.42. The number of carboxylic acids is 1. The van der Waals surface area contributed by atoms with Gasteiger partial charge in [0, 0.05) is 21.9 Å². The number of carbonyl (C=O) groups is 1. The first kappa shape index (κ1) is 24.1. The maximum absolute atomic E-state index is 11.2. The molecule has 0 heterocycles. The molecule has 0 aliphatic rings. The number of aliphatic carboxylic acids is 1. The molecule has 0 saturated carbocycles. The predicted molar refractivity (Wildman–Crippen MR) is 119 cm³/mol. The lowest BCUT2D eigenvalue weighted by Crippen LogP contribution is -2.30. The van der Waals surface area contributed by atoms with Crippen molar-refractivity contribution in [2.45, 2.75) is 45.5 Å². The molecule has 0 amide bonds. The minimum absolute atomic E-state index is 0.248. The van der Waals surface area contributed by atoms with Gasteiger partial charge in [0.1, 0.15) is 5.75 Å². The predicted octanol–water partition coefficient (Wildman–Crippen LogP) is 3.48. The van der Waals surface area contributed by atoms with Gasteiger partial charge in [-0.25, -0.2) is 4.79 Å². The Hall–Kier alpha value is -1.94. The third-order valence-corrected chi connectivity index (χ3v) is 5.99. The van der Waals surface area contributed by atoms with E-state index in [-0.39, 0.29) is 5.54 Å². The Kier molecular flexibility index (Phi) is 8.62. The molecule has 1 rings (SSSR count). The average molecular weight is 427 g/mol. The Morgan fingerprint density at radius 3 is 1.96 bits per heavy atom. The molecule has 0 bridgehead atoms. The number of carboxylic acid groups (broad SMARTS) is 1. The largest absolute Gasteiger partial charge is 0.544 e. The molecule has 8 heteroatoms. The summed E-state index contributed by atoms with van der Waals surface area (Å²) in [7, 11) is 3.55. The van der Waals surface area contributed by atoms with Gasteiger partial charge in [0.25, 0.3) is 0 Å².